The van der Waals surface area contributed by atoms with Gasteiger partial charge < -0.3 is 5.32 Å². The average molecular weight is 382 g/mol. The summed E-state index contributed by atoms with van der Waals surface area (Å²) in [5.74, 6) is 0. The maximum atomic E-state index is 13.0. The van der Waals surface area contributed by atoms with Gasteiger partial charge in [-0.3, -0.25) is 4.79 Å². The van der Waals surface area contributed by atoms with Gasteiger partial charge in [0.25, 0.3) is 5.56 Å². The molecule has 7 nitrogen and oxygen atoms in total. The molecule has 2 aromatic heterocycles. The maximum absolute atomic E-state index is 13.0. The van der Waals surface area contributed by atoms with Crippen LogP contribution in [-0.4, -0.2) is 20.4 Å². The van der Waals surface area contributed by atoms with E-state index in [4.69, 9.17) is 16.9 Å². The molecule has 136 valence electrons. The third-order valence-electron chi connectivity index (χ3n) is 4.90. The molecular weight excluding hydrogens is 366 g/mol. The number of nitriles is 1. The first kappa shape index (κ1) is 17.3. The molecule has 0 spiro atoms. The first-order valence-corrected chi connectivity index (χ1v) is 8.93. The van der Waals surface area contributed by atoms with Crippen LogP contribution in [0.4, 0.5) is 4.79 Å². The molecule has 3 aromatic rings. The molecule has 0 unspecified atom stereocenters. The minimum Gasteiger partial charge on any atom is -0.329 e. The smallest absolute Gasteiger partial charge is 0.329 e. The van der Waals surface area contributed by atoms with Crippen LogP contribution in [0.15, 0.2) is 35.1 Å². The molecule has 0 aliphatic heterocycles. The van der Waals surface area contributed by atoms with Crippen LogP contribution < -0.4 is 10.9 Å². The van der Waals surface area contributed by atoms with Crippen molar-refractivity contribution in [1.29, 1.82) is 5.26 Å². The third-order valence-corrected chi connectivity index (χ3v) is 5.10. The Bertz CT molecular complexity index is 1170. The number of nitrogens with one attached hydrogen (secondary N) is 1. The number of benzene rings is 1. The lowest BCUT2D eigenvalue weighted by atomic mass is 10.1. The number of nitrogens with zero attached hydrogens (tertiary/aromatic N) is 4. The fourth-order valence-corrected chi connectivity index (χ4v) is 3.95. The predicted octanol–water partition coefficient (Wildman–Crippen LogP) is 2.93. The maximum Gasteiger partial charge on any atom is 0.344 e. The lowest BCUT2D eigenvalue weighted by molar-refractivity contribution is 0.231. The van der Waals surface area contributed by atoms with Crippen LogP contribution in [0.1, 0.15) is 29.2 Å². The van der Waals surface area contributed by atoms with E-state index in [0.717, 1.165) is 23.1 Å². The summed E-state index contributed by atoms with van der Waals surface area (Å²) in [6.45, 7) is 1.53. The Kier molecular flexibility index (Phi) is 4.21. The molecule has 2 heterocycles. The van der Waals surface area contributed by atoms with E-state index in [1.165, 1.54) is 10.2 Å². The summed E-state index contributed by atoms with van der Waals surface area (Å²) in [5, 5.41) is 12.6. The van der Waals surface area contributed by atoms with Crippen molar-refractivity contribution in [2.24, 2.45) is 0 Å². The van der Waals surface area contributed by atoms with E-state index in [2.05, 4.69) is 10.3 Å². The molecule has 0 radical (unpaired) electrons. The number of aromatic nitrogens is 3. The van der Waals surface area contributed by atoms with Gasteiger partial charge in [-0.1, -0.05) is 35.9 Å². The van der Waals surface area contributed by atoms with Crippen molar-refractivity contribution in [2.75, 3.05) is 0 Å². The van der Waals surface area contributed by atoms with E-state index in [-0.39, 0.29) is 28.8 Å². The number of amides is 1. The molecule has 0 fully saturated rings. The van der Waals surface area contributed by atoms with E-state index in [9.17, 15) is 9.59 Å². The molecule has 0 saturated heterocycles. The van der Waals surface area contributed by atoms with E-state index >= 15 is 0 Å². The molecule has 27 heavy (non-hydrogen) atoms. The van der Waals surface area contributed by atoms with Crippen LogP contribution in [0.3, 0.4) is 0 Å². The van der Waals surface area contributed by atoms with Crippen LogP contribution in [0.5, 0.6) is 0 Å². The van der Waals surface area contributed by atoms with Crippen LogP contribution in [0, 0.1) is 18.3 Å². The summed E-state index contributed by atoms with van der Waals surface area (Å²) in [7, 11) is 0. The van der Waals surface area contributed by atoms with E-state index < -0.39 is 11.6 Å². The lowest BCUT2D eigenvalue weighted by Gasteiger charge is -2.15. The van der Waals surface area contributed by atoms with Gasteiger partial charge in [-0.15, -0.1) is 0 Å². The minimum absolute atomic E-state index is 0.174. The number of hydrogen-bond acceptors (Lipinski definition) is 4. The van der Waals surface area contributed by atoms with Crippen LogP contribution in [0.2, 0.25) is 5.15 Å². The summed E-state index contributed by atoms with van der Waals surface area (Å²) < 4.78 is 2.22. The molecule has 1 N–H and O–H groups in total. The van der Waals surface area contributed by atoms with Gasteiger partial charge >= 0.3 is 6.03 Å². The highest BCUT2D eigenvalue weighted by Gasteiger charge is 2.27. The number of rotatable bonds is 2. The Hall–Kier alpha value is -3.11. The molecule has 0 saturated carbocycles. The van der Waals surface area contributed by atoms with Crippen molar-refractivity contribution in [3.63, 3.8) is 0 Å². The van der Waals surface area contributed by atoms with Gasteiger partial charge in [0.15, 0.2) is 5.65 Å². The van der Waals surface area contributed by atoms with Crippen molar-refractivity contribution in [1.82, 2.24) is 19.7 Å². The van der Waals surface area contributed by atoms with Crippen LogP contribution in [0.25, 0.3) is 11.0 Å². The molecule has 0 bridgehead atoms. The zero-order chi connectivity index (χ0) is 19.1. The Morgan fingerprint density at radius 3 is 3.00 bits per heavy atom. The Morgan fingerprint density at radius 2 is 2.22 bits per heavy atom. The van der Waals surface area contributed by atoms with E-state index in [1.54, 1.807) is 13.0 Å². The monoisotopic (exact) mass is 381 g/mol. The topological polar surface area (TPSA) is 92.7 Å². The molecule has 8 heteroatoms. The zero-order valence-corrected chi connectivity index (χ0v) is 15.3. The van der Waals surface area contributed by atoms with Gasteiger partial charge in [-0.05, 0) is 42.5 Å². The summed E-state index contributed by atoms with van der Waals surface area (Å²) in [5.41, 5.74) is 2.58. The first-order valence-electron chi connectivity index (χ1n) is 8.55. The highest BCUT2D eigenvalue weighted by molar-refractivity contribution is 6.29. The largest absolute Gasteiger partial charge is 0.344 e. The first-order chi connectivity index (χ1) is 13.0. The molecule has 1 aliphatic rings. The van der Waals surface area contributed by atoms with Gasteiger partial charge in [0, 0.05) is 0 Å². The van der Waals surface area contributed by atoms with Gasteiger partial charge in [0.2, 0.25) is 0 Å². The van der Waals surface area contributed by atoms with Gasteiger partial charge in [-0.2, -0.15) is 9.94 Å². The molecular formula is C19H16ClN5O2. The number of halogens is 1. The second-order valence-corrected chi connectivity index (χ2v) is 6.92. The molecule has 1 amide bonds. The van der Waals surface area contributed by atoms with Crippen molar-refractivity contribution in [3.05, 3.63) is 62.5 Å². The standard InChI is InChI=1S/C19H16ClN5O2/c1-11-10-15(20)23-17-16(11)18(26)25(24(17)9-8-21)19(27)22-14-7-6-12-4-2-3-5-13(12)14/h2-5,10,14H,6-7,9H2,1H3,(H,22,27)/t14-/m1/s1. The van der Waals surface area contributed by atoms with E-state index in [0.29, 0.717) is 5.56 Å². The van der Waals surface area contributed by atoms with Crippen molar-refractivity contribution in [2.45, 2.75) is 32.4 Å². The number of pyridine rings is 1. The van der Waals surface area contributed by atoms with Gasteiger partial charge in [0.05, 0.1) is 17.5 Å². The molecule has 4 rings (SSSR count). The van der Waals surface area contributed by atoms with Crippen molar-refractivity contribution in [3.8, 4) is 6.07 Å². The number of carbonyl (C=O) groups is 1. The number of carbonyl (C=O) groups excluding carboxylic acids is 1. The molecule has 1 aliphatic carbocycles. The second kappa shape index (κ2) is 6.56. The van der Waals surface area contributed by atoms with Crippen LogP contribution >= 0.6 is 11.6 Å². The third kappa shape index (κ3) is 2.78. The highest BCUT2D eigenvalue weighted by Crippen LogP contribution is 2.30. The van der Waals surface area contributed by atoms with Crippen molar-refractivity contribution < 1.29 is 4.79 Å². The number of aryl methyl sites for hydroxylation is 2. The van der Waals surface area contributed by atoms with Crippen molar-refractivity contribution >= 4 is 28.7 Å². The Balaban J connectivity index is 1.80. The normalized spacial score (nSPS) is 15.5. The summed E-state index contributed by atoms with van der Waals surface area (Å²) in [6.07, 6.45) is 1.63. The lowest BCUT2D eigenvalue weighted by Crippen LogP contribution is -2.40. The molecule has 1 atom stereocenters. The fraction of sp³-hybridized carbons (Fsp3) is 0.263. The predicted molar refractivity (Wildman–Crippen MR) is 101 cm³/mol. The van der Waals surface area contributed by atoms with Crippen LogP contribution in [-0.2, 0) is 13.0 Å². The SMILES string of the molecule is Cc1cc(Cl)nc2c1c(=O)n(C(=O)N[C@@H]1CCc3ccccc31)n2CC#N. The minimum atomic E-state index is -0.578. The zero-order valence-electron chi connectivity index (χ0n) is 14.6. The summed E-state index contributed by atoms with van der Waals surface area (Å²) in [4.78, 5) is 30.0. The number of fused-ring (bicyclic) bond motifs is 2. The Morgan fingerprint density at radius 1 is 1.44 bits per heavy atom. The second-order valence-electron chi connectivity index (χ2n) is 6.53. The summed E-state index contributed by atoms with van der Waals surface area (Å²) >= 11 is 6.01. The highest BCUT2D eigenvalue weighted by atomic mass is 35.5. The van der Waals surface area contributed by atoms with Gasteiger partial charge in [0.1, 0.15) is 11.7 Å². The average Bonchev–Trinajstić information content (AvgIpc) is 3.15. The quantitative estimate of drug-likeness (QED) is 0.691. The van der Waals surface area contributed by atoms with E-state index in [1.807, 2.05) is 30.3 Å². The van der Waals surface area contributed by atoms with Gasteiger partial charge in [-0.25, -0.2) is 14.5 Å². The fourth-order valence-electron chi connectivity index (χ4n) is 3.71. The number of hydrogen-bond donors (Lipinski definition) is 1. The summed E-state index contributed by atoms with van der Waals surface area (Å²) in [6, 6.07) is 10.7. The Labute approximate surface area is 159 Å². The molecule has 1 aromatic carbocycles.